The van der Waals surface area contributed by atoms with E-state index in [0.29, 0.717) is 16.8 Å². The van der Waals surface area contributed by atoms with E-state index in [1.807, 2.05) is 36.2 Å². The van der Waals surface area contributed by atoms with Gasteiger partial charge < -0.3 is 15.6 Å². The van der Waals surface area contributed by atoms with Crippen molar-refractivity contribution in [1.82, 2.24) is 9.97 Å². The molecule has 6 heteroatoms. The normalized spacial score (nSPS) is 10.4. The van der Waals surface area contributed by atoms with Crippen molar-refractivity contribution < 1.29 is 0 Å². The Balaban J connectivity index is 2.38. The molecular formula is C12H13BrN4O. The van der Waals surface area contributed by atoms with Crippen LogP contribution in [-0.4, -0.2) is 17.0 Å². The number of anilines is 2. The molecule has 2 rings (SSSR count). The molecular weight excluding hydrogens is 296 g/mol. The number of nitrogens with one attached hydrogen (secondary N) is 1. The van der Waals surface area contributed by atoms with E-state index in [-0.39, 0.29) is 5.56 Å². The molecule has 94 valence electrons. The summed E-state index contributed by atoms with van der Waals surface area (Å²) in [5.41, 5.74) is 7.35. The third-order valence-corrected chi connectivity index (χ3v) is 3.37. The molecule has 5 nitrogen and oxygen atoms in total. The summed E-state index contributed by atoms with van der Waals surface area (Å²) in [6.45, 7) is 0.511. The highest BCUT2D eigenvalue weighted by atomic mass is 79.9. The number of hydrogen-bond donors (Lipinski definition) is 2. The molecule has 0 aliphatic rings. The average Bonchev–Trinajstić information content (AvgIpc) is 2.41. The third kappa shape index (κ3) is 2.44. The first-order valence-corrected chi connectivity index (χ1v) is 6.18. The van der Waals surface area contributed by atoms with E-state index in [1.54, 1.807) is 0 Å². The number of aromatic amines is 1. The van der Waals surface area contributed by atoms with Crippen LogP contribution in [0.15, 0.2) is 39.9 Å². The van der Waals surface area contributed by atoms with Crippen molar-refractivity contribution >= 4 is 27.4 Å². The average molecular weight is 309 g/mol. The minimum absolute atomic E-state index is 0.203. The Hall–Kier alpha value is -1.66. The van der Waals surface area contributed by atoms with Gasteiger partial charge in [0.25, 0.3) is 5.56 Å². The lowest BCUT2D eigenvalue weighted by Gasteiger charge is -2.19. The summed E-state index contributed by atoms with van der Waals surface area (Å²) in [5.74, 6) is 0.569. The van der Waals surface area contributed by atoms with Crippen molar-refractivity contribution in [2.75, 3.05) is 11.9 Å². The fourth-order valence-electron chi connectivity index (χ4n) is 1.59. The molecule has 3 N–H and O–H groups in total. The van der Waals surface area contributed by atoms with E-state index < -0.39 is 0 Å². The summed E-state index contributed by atoms with van der Waals surface area (Å²) in [4.78, 5) is 20.0. The van der Waals surface area contributed by atoms with Crippen molar-refractivity contribution in [3.63, 3.8) is 0 Å². The molecule has 0 radical (unpaired) electrons. The van der Waals surface area contributed by atoms with Gasteiger partial charge in [-0.1, -0.05) is 12.1 Å². The van der Waals surface area contributed by atoms with Crippen LogP contribution in [0, 0.1) is 0 Å². The lowest BCUT2D eigenvalue weighted by molar-refractivity contribution is 1.03. The largest absolute Gasteiger partial charge is 0.328 e. The standard InChI is InChI=1S/C12H13BrN4O/c1-17(9-4-2-8(6-14)3-5-9)11-10(13)12(18)16-7-15-11/h2-5,7H,6,14H2,1H3,(H,15,16,18). The maximum atomic E-state index is 11.5. The Bertz CT molecular complexity index is 594. The van der Waals surface area contributed by atoms with Gasteiger partial charge in [-0.05, 0) is 33.6 Å². The molecule has 0 amide bonds. The van der Waals surface area contributed by atoms with Crippen LogP contribution < -0.4 is 16.2 Å². The highest BCUT2D eigenvalue weighted by Gasteiger charge is 2.11. The quantitative estimate of drug-likeness (QED) is 0.906. The van der Waals surface area contributed by atoms with Crippen LogP contribution in [0.2, 0.25) is 0 Å². The van der Waals surface area contributed by atoms with Gasteiger partial charge in [-0.2, -0.15) is 0 Å². The van der Waals surface area contributed by atoms with Crippen LogP contribution in [0.3, 0.4) is 0 Å². The lowest BCUT2D eigenvalue weighted by Crippen LogP contribution is -2.17. The predicted octanol–water partition coefficient (Wildman–Crippen LogP) is 1.76. The molecule has 0 spiro atoms. The summed E-state index contributed by atoms with van der Waals surface area (Å²) in [6, 6.07) is 7.79. The van der Waals surface area contributed by atoms with Gasteiger partial charge in [-0.15, -0.1) is 0 Å². The zero-order valence-corrected chi connectivity index (χ0v) is 11.4. The van der Waals surface area contributed by atoms with Gasteiger partial charge in [-0.25, -0.2) is 4.98 Å². The number of nitrogens with two attached hydrogens (primary N) is 1. The molecule has 1 aromatic carbocycles. The first-order chi connectivity index (χ1) is 8.63. The van der Waals surface area contributed by atoms with Gasteiger partial charge in [0.05, 0.1) is 6.33 Å². The van der Waals surface area contributed by atoms with Crippen molar-refractivity contribution in [2.24, 2.45) is 5.73 Å². The topological polar surface area (TPSA) is 75.0 Å². The molecule has 1 heterocycles. The molecule has 2 aromatic rings. The maximum absolute atomic E-state index is 11.5. The van der Waals surface area contributed by atoms with Crippen LogP contribution in [-0.2, 0) is 6.54 Å². The first-order valence-electron chi connectivity index (χ1n) is 5.39. The fraction of sp³-hybridized carbons (Fsp3) is 0.167. The number of nitrogens with zero attached hydrogens (tertiary/aromatic N) is 2. The zero-order valence-electron chi connectivity index (χ0n) is 9.85. The van der Waals surface area contributed by atoms with E-state index in [9.17, 15) is 4.79 Å². The minimum atomic E-state index is -0.203. The molecule has 0 aliphatic heterocycles. The third-order valence-electron chi connectivity index (χ3n) is 2.66. The van der Waals surface area contributed by atoms with Gasteiger partial charge in [0.15, 0.2) is 5.82 Å². The second-order valence-corrected chi connectivity index (χ2v) is 4.59. The monoisotopic (exact) mass is 308 g/mol. The molecule has 0 atom stereocenters. The van der Waals surface area contributed by atoms with Crippen LogP contribution >= 0.6 is 15.9 Å². The van der Waals surface area contributed by atoms with Gasteiger partial charge in [0, 0.05) is 19.3 Å². The minimum Gasteiger partial charge on any atom is -0.328 e. The second kappa shape index (κ2) is 5.32. The number of halogens is 1. The zero-order chi connectivity index (χ0) is 13.1. The van der Waals surface area contributed by atoms with Crippen molar-refractivity contribution in [3.05, 3.63) is 51.0 Å². The summed E-state index contributed by atoms with van der Waals surface area (Å²) >= 11 is 3.24. The highest BCUT2D eigenvalue weighted by Crippen LogP contribution is 2.25. The van der Waals surface area contributed by atoms with Gasteiger partial charge in [0.2, 0.25) is 0 Å². The van der Waals surface area contributed by atoms with Crippen LogP contribution in [0.4, 0.5) is 11.5 Å². The van der Waals surface area contributed by atoms with Crippen molar-refractivity contribution in [3.8, 4) is 0 Å². The second-order valence-electron chi connectivity index (χ2n) is 3.80. The van der Waals surface area contributed by atoms with Crippen molar-refractivity contribution in [2.45, 2.75) is 6.54 Å². The van der Waals surface area contributed by atoms with Gasteiger partial charge >= 0.3 is 0 Å². The van der Waals surface area contributed by atoms with Crippen LogP contribution in [0.25, 0.3) is 0 Å². The maximum Gasteiger partial charge on any atom is 0.267 e. The summed E-state index contributed by atoms with van der Waals surface area (Å²) in [7, 11) is 1.85. The van der Waals surface area contributed by atoms with Crippen molar-refractivity contribution in [1.29, 1.82) is 0 Å². The molecule has 0 fully saturated rings. The number of rotatable bonds is 3. The molecule has 0 saturated heterocycles. The van der Waals surface area contributed by atoms with E-state index in [2.05, 4.69) is 25.9 Å². The van der Waals surface area contributed by atoms with E-state index in [4.69, 9.17) is 5.73 Å². The smallest absolute Gasteiger partial charge is 0.267 e. The number of aromatic nitrogens is 2. The molecule has 0 saturated carbocycles. The Morgan fingerprint density at radius 1 is 1.39 bits per heavy atom. The summed E-state index contributed by atoms with van der Waals surface area (Å²) < 4.78 is 0.412. The number of H-pyrrole nitrogens is 1. The molecule has 0 aliphatic carbocycles. The van der Waals surface area contributed by atoms with E-state index >= 15 is 0 Å². The summed E-state index contributed by atoms with van der Waals surface area (Å²) in [5, 5.41) is 0. The van der Waals surface area contributed by atoms with E-state index in [1.165, 1.54) is 6.33 Å². The Morgan fingerprint density at radius 2 is 2.06 bits per heavy atom. The Morgan fingerprint density at radius 3 is 2.67 bits per heavy atom. The van der Waals surface area contributed by atoms with Crippen LogP contribution in [0.1, 0.15) is 5.56 Å². The number of hydrogen-bond acceptors (Lipinski definition) is 4. The molecule has 1 aromatic heterocycles. The lowest BCUT2D eigenvalue weighted by atomic mass is 10.2. The predicted molar refractivity (Wildman–Crippen MR) is 75.0 cm³/mol. The van der Waals surface area contributed by atoms with Gasteiger partial charge in [0.1, 0.15) is 4.47 Å². The first kappa shape index (κ1) is 12.8. The van der Waals surface area contributed by atoms with Crippen LogP contribution in [0.5, 0.6) is 0 Å². The molecule has 0 bridgehead atoms. The fourth-order valence-corrected chi connectivity index (χ4v) is 2.07. The number of benzene rings is 1. The van der Waals surface area contributed by atoms with Gasteiger partial charge in [-0.3, -0.25) is 4.79 Å². The molecule has 18 heavy (non-hydrogen) atoms. The van der Waals surface area contributed by atoms with E-state index in [0.717, 1.165) is 11.3 Å². The Labute approximate surface area is 113 Å². The summed E-state index contributed by atoms with van der Waals surface area (Å²) in [6.07, 6.45) is 1.38. The SMILES string of the molecule is CN(c1ccc(CN)cc1)c1nc[nH]c(=O)c1Br. The Kier molecular flexibility index (Phi) is 3.78. The highest BCUT2D eigenvalue weighted by molar-refractivity contribution is 9.10. The molecule has 0 unspecified atom stereocenters.